The molecule has 1 aromatic heterocycles. The highest BCUT2D eigenvalue weighted by molar-refractivity contribution is 7.80. The highest BCUT2D eigenvalue weighted by atomic mass is 32.1. The van der Waals surface area contributed by atoms with Gasteiger partial charge in [-0.15, -0.1) is 0 Å². The van der Waals surface area contributed by atoms with Gasteiger partial charge in [-0.05, 0) is 93.9 Å². The first-order chi connectivity index (χ1) is 16.9. The summed E-state index contributed by atoms with van der Waals surface area (Å²) in [5.41, 5.74) is 6.51. The fourth-order valence-corrected chi connectivity index (χ4v) is 4.66. The highest BCUT2D eigenvalue weighted by Gasteiger charge is 2.23. The predicted octanol–water partition coefficient (Wildman–Crippen LogP) is 5.83. The lowest BCUT2D eigenvalue weighted by molar-refractivity contribution is 0.265. The molecule has 3 aromatic rings. The van der Waals surface area contributed by atoms with Crippen molar-refractivity contribution in [3.63, 3.8) is 0 Å². The molecule has 0 spiro atoms. The number of thiocarbonyl (C=S) groups is 1. The number of nitrogens with zero attached hydrogens (tertiary/aromatic N) is 4. The van der Waals surface area contributed by atoms with E-state index in [0.717, 1.165) is 55.0 Å². The van der Waals surface area contributed by atoms with Gasteiger partial charge in [0, 0.05) is 30.2 Å². The van der Waals surface area contributed by atoms with Crippen molar-refractivity contribution in [1.29, 1.82) is 0 Å². The fourth-order valence-electron chi connectivity index (χ4n) is 4.47. The molecule has 2 heterocycles. The first-order valence-electron chi connectivity index (χ1n) is 12.2. The van der Waals surface area contributed by atoms with E-state index >= 15 is 0 Å². The van der Waals surface area contributed by atoms with Gasteiger partial charge >= 0.3 is 0 Å². The summed E-state index contributed by atoms with van der Waals surface area (Å²) in [4.78, 5) is 16.2. The molecule has 1 aliphatic rings. The molecule has 7 heteroatoms. The Morgan fingerprint density at radius 2 is 1.63 bits per heavy atom. The minimum Gasteiger partial charge on any atom is -0.342 e. The number of aryl methyl sites for hydroxylation is 4. The maximum absolute atomic E-state index is 5.66. The Hall–Kier alpha value is -3.32. The van der Waals surface area contributed by atoms with E-state index in [2.05, 4.69) is 87.9 Å². The van der Waals surface area contributed by atoms with Crippen molar-refractivity contribution in [3.8, 4) is 0 Å². The van der Waals surface area contributed by atoms with E-state index < -0.39 is 0 Å². The summed E-state index contributed by atoms with van der Waals surface area (Å²) in [7, 11) is 0. The SMILES string of the molecule is Cc1ccc(C)c(NC(=S)/N=C(/Nc2nc(C)cc(C)n2)N2CCC(Cc3ccccc3)CC2)c1. The van der Waals surface area contributed by atoms with Crippen LogP contribution in [0.15, 0.2) is 59.6 Å². The molecule has 6 nitrogen and oxygen atoms in total. The van der Waals surface area contributed by atoms with Crippen LogP contribution in [0.3, 0.4) is 0 Å². The average molecular weight is 487 g/mol. The zero-order valence-corrected chi connectivity index (χ0v) is 21.8. The molecule has 182 valence electrons. The van der Waals surface area contributed by atoms with Crippen LogP contribution < -0.4 is 10.6 Å². The number of benzene rings is 2. The molecule has 0 aliphatic carbocycles. The number of guanidine groups is 1. The van der Waals surface area contributed by atoms with Crippen molar-refractivity contribution in [3.05, 3.63) is 82.7 Å². The number of likely N-dealkylation sites (tertiary alicyclic amines) is 1. The molecule has 1 aliphatic heterocycles. The maximum atomic E-state index is 5.66. The quantitative estimate of drug-likeness (QED) is 0.275. The van der Waals surface area contributed by atoms with E-state index in [1.165, 1.54) is 11.1 Å². The van der Waals surface area contributed by atoms with E-state index in [4.69, 9.17) is 17.2 Å². The molecule has 2 aromatic carbocycles. The van der Waals surface area contributed by atoms with Crippen molar-refractivity contribution in [2.45, 2.75) is 47.0 Å². The summed E-state index contributed by atoms with van der Waals surface area (Å²) < 4.78 is 0. The molecule has 1 fully saturated rings. The molecule has 0 amide bonds. The minimum absolute atomic E-state index is 0.414. The number of aromatic nitrogens is 2. The normalized spacial score (nSPS) is 14.6. The molecule has 0 atom stereocenters. The number of hydrogen-bond acceptors (Lipinski definition) is 3. The summed E-state index contributed by atoms with van der Waals surface area (Å²) in [5.74, 6) is 1.89. The standard InChI is InChI=1S/C28H34N6S/c1-19-10-11-20(2)25(16-19)31-28(35)33-27(32-26-29-21(3)17-22(4)30-26)34-14-12-24(13-15-34)18-23-8-6-5-7-9-23/h5-11,16-17,24H,12-15,18H2,1-4H3,(H2,29,30,31,32,33,35). The summed E-state index contributed by atoms with van der Waals surface area (Å²) >= 11 is 5.66. The third-order valence-corrected chi connectivity index (χ3v) is 6.52. The Kier molecular flexibility index (Phi) is 8.08. The molecule has 0 saturated carbocycles. The van der Waals surface area contributed by atoms with Crippen molar-refractivity contribution < 1.29 is 0 Å². The number of nitrogens with one attached hydrogen (secondary N) is 2. The van der Waals surface area contributed by atoms with Crippen LogP contribution in [0.1, 0.15) is 40.9 Å². The van der Waals surface area contributed by atoms with E-state index in [1.54, 1.807) is 0 Å². The zero-order chi connectivity index (χ0) is 24.8. The Morgan fingerprint density at radius 3 is 2.31 bits per heavy atom. The van der Waals surface area contributed by atoms with Gasteiger partial charge in [-0.25, -0.2) is 9.97 Å². The number of rotatable bonds is 4. The van der Waals surface area contributed by atoms with E-state index in [0.29, 0.717) is 22.9 Å². The average Bonchev–Trinajstić information content (AvgIpc) is 2.81. The molecule has 0 unspecified atom stereocenters. The molecule has 0 radical (unpaired) electrons. The van der Waals surface area contributed by atoms with Crippen LogP contribution in [0.2, 0.25) is 0 Å². The van der Waals surface area contributed by atoms with Gasteiger partial charge in [0.05, 0.1) is 0 Å². The third kappa shape index (κ3) is 7.09. The second kappa shape index (κ2) is 11.4. The van der Waals surface area contributed by atoms with Gasteiger partial charge in [0.15, 0.2) is 0 Å². The van der Waals surface area contributed by atoms with Crippen LogP contribution in [0.5, 0.6) is 0 Å². The predicted molar refractivity (Wildman–Crippen MR) is 149 cm³/mol. The lowest BCUT2D eigenvalue weighted by Gasteiger charge is -2.34. The Balaban J connectivity index is 1.51. The number of piperidine rings is 1. The summed E-state index contributed by atoms with van der Waals surface area (Å²) in [5, 5.41) is 7.08. The second-order valence-corrected chi connectivity index (χ2v) is 9.79. The van der Waals surface area contributed by atoms with Gasteiger partial charge in [-0.2, -0.15) is 4.99 Å². The summed E-state index contributed by atoms with van der Waals surface area (Å²) in [6.07, 6.45) is 3.31. The van der Waals surface area contributed by atoms with Gasteiger partial charge in [-0.3, -0.25) is 5.32 Å². The van der Waals surface area contributed by atoms with Crippen LogP contribution in [-0.2, 0) is 6.42 Å². The van der Waals surface area contributed by atoms with Crippen molar-refractivity contribution >= 4 is 34.9 Å². The number of aliphatic imine (C=N–C) groups is 1. The van der Waals surface area contributed by atoms with E-state index in [-0.39, 0.29) is 0 Å². The molecule has 0 bridgehead atoms. The minimum atomic E-state index is 0.414. The van der Waals surface area contributed by atoms with Crippen LogP contribution in [0.4, 0.5) is 11.6 Å². The lowest BCUT2D eigenvalue weighted by Crippen LogP contribution is -2.43. The maximum Gasteiger partial charge on any atom is 0.229 e. The molecular weight excluding hydrogens is 452 g/mol. The van der Waals surface area contributed by atoms with Crippen LogP contribution in [-0.4, -0.2) is 39.0 Å². The molecule has 2 N–H and O–H groups in total. The topological polar surface area (TPSA) is 65.4 Å². The number of anilines is 2. The van der Waals surface area contributed by atoms with Gasteiger partial charge in [0.2, 0.25) is 17.0 Å². The molecule has 4 rings (SSSR count). The van der Waals surface area contributed by atoms with Gasteiger partial charge in [0.25, 0.3) is 0 Å². The largest absolute Gasteiger partial charge is 0.342 e. The fraction of sp³-hybridized carbons (Fsp3) is 0.357. The van der Waals surface area contributed by atoms with Crippen LogP contribution in [0.25, 0.3) is 0 Å². The monoisotopic (exact) mass is 486 g/mol. The zero-order valence-electron chi connectivity index (χ0n) is 21.0. The molecule has 1 saturated heterocycles. The first-order valence-corrected chi connectivity index (χ1v) is 12.6. The summed E-state index contributed by atoms with van der Waals surface area (Å²) in [6, 6.07) is 19.0. The Bertz CT molecular complexity index is 1180. The highest BCUT2D eigenvalue weighted by Crippen LogP contribution is 2.23. The Morgan fingerprint density at radius 1 is 0.943 bits per heavy atom. The van der Waals surface area contributed by atoms with Crippen molar-refractivity contribution in [2.75, 3.05) is 23.7 Å². The molecular formula is C28H34N6S. The van der Waals surface area contributed by atoms with Gasteiger partial charge in [0.1, 0.15) is 0 Å². The van der Waals surface area contributed by atoms with Crippen LogP contribution >= 0.6 is 12.2 Å². The third-order valence-electron chi connectivity index (χ3n) is 6.33. The van der Waals surface area contributed by atoms with E-state index in [1.807, 2.05) is 19.9 Å². The first kappa shape index (κ1) is 24.8. The van der Waals surface area contributed by atoms with Crippen LogP contribution in [0, 0.1) is 33.6 Å². The summed E-state index contributed by atoms with van der Waals surface area (Å²) in [6.45, 7) is 9.88. The Labute approximate surface area is 213 Å². The van der Waals surface area contributed by atoms with Crippen molar-refractivity contribution in [1.82, 2.24) is 14.9 Å². The van der Waals surface area contributed by atoms with Gasteiger partial charge < -0.3 is 10.2 Å². The lowest BCUT2D eigenvalue weighted by atomic mass is 9.90. The molecule has 35 heavy (non-hydrogen) atoms. The van der Waals surface area contributed by atoms with E-state index in [9.17, 15) is 0 Å². The second-order valence-electron chi connectivity index (χ2n) is 9.40. The van der Waals surface area contributed by atoms with Gasteiger partial charge in [-0.1, -0.05) is 42.5 Å². The number of hydrogen-bond donors (Lipinski definition) is 2. The van der Waals surface area contributed by atoms with Crippen molar-refractivity contribution in [2.24, 2.45) is 10.9 Å². The smallest absolute Gasteiger partial charge is 0.229 e.